The van der Waals surface area contributed by atoms with Crippen LogP contribution < -0.4 is 10.3 Å². The van der Waals surface area contributed by atoms with Gasteiger partial charge in [-0.25, -0.2) is 4.98 Å². The first-order valence-corrected chi connectivity index (χ1v) is 13.5. The molecule has 0 bridgehead atoms. The lowest BCUT2D eigenvalue weighted by Crippen LogP contribution is -2.39. The number of rotatable bonds is 5. The summed E-state index contributed by atoms with van der Waals surface area (Å²) >= 11 is 2.99. The Balaban J connectivity index is 1.56. The monoisotopic (exact) mass is 483 g/mol. The van der Waals surface area contributed by atoms with Crippen LogP contribution in [0.5, 0.6) is 5.75 Å². The van der Waals surface area contributed by atoms with Crippen molar-refractivity contribution in [2.45, 2.75) is 50.6 Å². The number of thioether (sulfide) groups is 1. The van der Waals surface area contributed by atoms with E-state index in [9.17, 15) is 9.59 Å². The lowest BCUT2D eigenvalue weighted by atomic mass is 9.97. The molecule has 1 saturated heterocycles. The van der Waals surface area contributed by atoms with E-state index in [0.717, 1.165) is 67.4 Å². The van der Waals surface area contributed by atoms with Gasteiger partial charge in [0.15, 0.2) is 5.16 Å². The molecule has 174 valence electrons. The highest BCUT2D eigenvalue weighted by molar-refractivity contribution is 7.99. The van der Waals surface area contributed by atoms with E-state index in [2.05, 4.69) is 6.92 Å². The van der Waals surface area contributed by atoms with Crippen LogP contribution in [0.1, 0.15) is 43.0 Å². The van der Waals surface area contributed by atoms with E-state index in [0.29, 0.717) is 22.5 Å². The van der Waals surface area contributed by atoms with Crippen molar-refractivity contribution in [3.05, 3.63) is 45.1 Å². The van der Waals surface area contributed by atoms with E-state index in [1.54, 1.807) is 23.0 Å². The van der Waals surface area contributed by atoms with E-state index in [4.69, 9.17) is 9.72 Å². The number of piperidine rings is 1. The number of likely N-dealkylation sites (tertiary alicyclic amines) is 1. The van der Waals surface area contributed by atoms with Gasteiger partial charge in [0.05, 0.1) is 23.9 Å². The van der Waals surface area contributed by atoms with E-state index in [1.807, 2.05) is 29.2 Å². The minimum atomic E-state index is -0.0642. The van der Waals surface area contributed by atoms with Crippen molar-refractivity contribution in [3.63, 3.8) is 0 Å². The molecule has 1 aliphatic carbocycles. The largest absolute Gasteiger partial charge is 0.495 e. The molecule has 0 saturated carbocycles. The molecule has 3 heterocycles. The van der Waals surface area contributed by atoms with E-state index in [-0.39, 0.29) is 17.2 Å². The number of aryl methyl sites for hydroxylation is 2. The smallest absolute Gasteiger partial charge is 0.267 e. The summed E-state index contributed by atoms with van der Waals surface area (Å²) in [6, 6.07) is 7.51. The van der Waals surface area contributed by atoms with Crippen LogP contribution in [0.25, 0.3) is 15.9 Å². The van der Waals surface area contributed by atoms with Crippen LogP contribution in [0.4, 0.5) is 0 Å². The number of carbonyl (C=O) groups excluding carboxylic acids is 1. The number of thiophene rings is 1. The Bertz CT molecular complexity index is 1240. The lowest BCUT2D eigenvalue weighted by molar-refractivity contribution is -0.129. The number of nitrogens with zero attached hydrogens (tertiary/aromatic N) is 3. The van der Waals surface area contributed by atoms with Gasteiger partial charge in [-0.2, -0.15) is 0 Å². The second-order valence-electron chi connectivity index (χ2n) is 8.95. The molecule has 33 heavy (non-hydrogen) atoms. The Hall–Kier alpha value is -2.32. The molecule has 0 spiro atoms. The molecule has 0 radical (unpaired) electrons. The van der Waals surface area contributed by atoms with Crippen LogP contribution in [0, 0.1) is 5.92 Å². The number of aromatic nitrogens is 2. The van der Waals surface area contributed by atoms with Gasteiger partial charge >= 0.3 is 0 Å². The second kappa shape index (κ2) is 9.50. The first-order valence-electron chi connectivity index (χ1n) is 11.7. The maximum absolute atomic E-state index is 13.9. The van der Waals surface area contributed by atoms with E-state index in [1.165, 1.54) is 16.6 Å². The summed E-state index contributed by atoms with van der Waals surface area (Å²) in [4.78, 5) is 35.8. The summed E-state index contributed by atoms with van der Waals surface area (Å²) in [5.41, 5.74) is 1.76. The fraction of sp³-hybridized carbons (Fsp3) is 0.480. The van der Waals surface area contributed by atoms with Gasteiger partial charge in [-0.3, -0.25) is 14.2 Å². The quantitative estimate of drug-likeness (QED) is 0.389. The minimum Gasteiger partial charge on any atom is -0.495 e. The number of hydrogen-bond donors (Lipinski definition) is 0. The van der Waals surface area contributed by atoms with Crippen molar-refractivity contribution in [1.29, 1.82) is 0 Å². The number of para-hydroxylation sites is 2. The molecule has 5 rings (SSSR count). The van der Waals surface area contributed by atoms with E-state index < -0.39 is 0 Å². The normalized spacial score (nSPS) is 16.7. The van der Waals surface area contributed by atoms with Gasteiger partial charge in [0.2, 0.25) is 5.91 Å². The van der Waals surface area contributed by atoms with Crippen LogP contribution in [-0.4, -0.2) is 46.3 Å². The highest BCUT2D eigenvalue weighted by atomic mass is 32.2. The summed E-state index contributed by atoms with van der Waals surface area (Å²) < 4.78 is 7.23. The molecule has 1 aromatic carbocycles. The number of carbonyl (C=O) groups is 1. The number of fused-ring (bicyclic) bond motifs is 3. The third kappa shape index (κ3) is 4.30. The average molecular weight is 484 g/mol. The van der Waals surface area contributed by atoms with Crippen LogP contribution >= 0.6 is 23.1 Å². The van der Waals surface area contributed by atoms with Gasteiger partial charge in [-0.1, -0.05) is 30.8 Å². The van der Waals surface area contributed by atoms with Gasteiger partial charge in [-0.05, 0) is 62.1 Å². The van der Waals surface area contributed by atoms with Crippen molar-refractivity contribution in [2.24, 2.45) is 5.92 Å². The highest BCUT2D eigenvalue weighted by Gasteiger charge is 2.25. The molecule has 6 nitrogen and oxygen atoms in total. The topological polar surface area (TPSA) is 64.4 Å². The third-order valence-corrected chi connectivity index (χ3v) is 8.85. The van der Waals surface area contributed by atoms with E-state index >= 15 is 0 Å². The Morgan fingerprint density at radius 2 is 1.97 bits per heavy atom. The standard InChI is InChI=1S/C25H29N3O3S2/c1-16-11-13-27(14-12-16)21(29)15-32-25-26-23-22(17-7-3-6-10-20(17)33-23)24(30)28(25)18-8-4-5-9-19(18)31-2/h4-5,8-9,16H,3,6-7,10-15H2,1-2H3. The van der Waals surface area contributed by atoms with Crippen molar-refractivity contribution in [3.8, 4) is 11.4 Å². The van der Waals surface area contributed by atoms with Crippen molar-refractivity contribution in [2.75, 3.05) is 26.0 Å². The lowest BCUT2D eigenvalue weighted by Gasteiger charge is -2.30. The molecule has 8 heteroatoms. The average Bonchev–Trinajstić information content (AvgIpc) is 3.21. The Labute approximate surface area is 202 Å². The molecule has 0 N–H and O–H groups in total. The third-order valence-electron chi connectivity index (χ3n) is 6.75. The molecule has 2 aromatic heterocycles. The molecule has 1 fully saturated rings. The number of amides is 1. The van der Waals surface area contributed by atoms with Crippen LogP contribution in [0.15, 0.2) is 34.2 Å². The summed E-state index contributed by atoms with van der Waals surface area (Å²) in [6.07, 6.45) is 6.30. The SMILES string of the molecule is COc1ccccc1-n1c(SCC(=O)N2CCC(C)CC2)nc2sc3c(c2c1=O)CCCC3. The zero-order valence-electron chi connectivity index (χ0n) is 19.1. The van der Waals surface area contributed by atoms with Gasteiger partial charge in [-0.15, -0.1) is 11.3 Å². The molecular formula is C25H29N3O3S2. The predicted molar refractivity (Wildman–Crippen MR) is 134 cm³/mol. The van der Waals surface area contributed by atoms with Crippen LogP contribution in [-0.2, 0) is 17.6 Å². The van der Waals surface area contributed by atoms with Crippen LogP contribution in [0.2, 0.25) is 0 Å². The molecule has 0 atom stereocenters. The first kappa shape index (κ1) is 22.5. The zero-order valence-corrected chi connectivity index (χ0v) is 20.8. The molecule has 1 aliphatic heterocycles. The predicted octanol–water partition coefficient (Wildman–Crippen LogP) is 4.69. The molecule has 1 amide bonds. The molecule has 3 aromatic rings. The fourth-order valence-corrected chi connectivity index (χ4v) is 7.00. The maximum Gasteiger partial charge on any atom is 0.267 e. The second-order valence-corrected chi connectivity index (χ2v) is 11.0. The minimum absolute atomic E-state index is 0.0642. The van der Waals surface area contributed by atoms with Gasteiger partial charge < -0.3 is 9.64 Å². The summed E-state index contributed by atoms with van der Waals surface area (Å²) in [6.45, 7) is 3.86. The number of ether oxygens (including phenoxy) is 1. The van der Waals surface area contributed by atoms with Crippen molar-refractivity contribution >= 4 is 39.2 Å². The first-order chi connectivity index (χ1) is 16.1. The van der Waals surface area contributed by atoms with Gasteiger partial charge in [0, 0.05) is 18.0 Å². The maximum atomic E-state index is 13.9. The molecule has 0 unspecified atom stereocenters. The van der Waals surface area contributed by atoms with Crippen LogP contribution in [0.3, 0.4) is 0 Å². The van der Waals surface area contributed by atoms with Gasteiger partial charge in [0.1, 0.15) is 10.6 Å². The number of hydrogen-bond acceptors (Lipinski definition) is 6. The molecular weight excluding hydrogens is 454 g/mol. The van der Waals surface area contributed by atoms with Crippen molar-refractivity contribution in [1.82, 2.24) is 14.5 Å². The highest BCUT2D eigenvalue weighted by Crippen LogP contribution is 2.36. The summed E-state index contributed by atoms with van der Waals surface area (Å²) in [5.74, 6) is 1.67. The van der Waals surface area contributed by atoms with Gasteiger partial charge in [0.25, 0.3) is 5.56 Å². The zero-order chi connectivity index (χ0) is 22.9. The summed E-state index contributed by atoms with van der Waals surface area (Å²) in [5, 5.41) is 1.29. The number of methoxy groups -OCH3 is 1. The summed E-state index contributed by atoms with van der Waals surface area (Å²) in [7, 11) is 1.61. The Morgan fingerprint density at radius 3 is 2.76 bits per heavy atom. The van der Waals surface area contributed by atoms with Crippen molar-refractivity contribution < 1.29 is 9.53 Å². The Morgan fingerprint density at radius 1 is 1.21 bits per heavy atom. The molecule has 2 aliphatic rings. The number of benzene rings is 1. The fourth-order valence-electron chi connectivity index (χ4n) is 4.79. The Kier molecular flexibility index (Phi) is 6.47.